The number of carbonyl (C=O) groups excluding carboxylic acids is 2. The van der Waals surface area contributed by atoms with E-state index < -0.39 is 92.7 Å². The lowest BCUT2D eigenvalue weighted by atomic mass is 9.98. The number of aliphatic hydroxyl groups excluding tert-OH is 7. The Morgan fingerprint density at radius 1 is 0.400 bits per heavy atom. The second-order valence-electron chi connectivity index (χ2n) is 20.5. The van der Waals surface area contributed by atoms with Gasteiger partial charge in [-0.05, 0) is 12.8 Å². The number of hydrogen-bond acceptors (Lipinski definition) is 15. The summed E-state index contributed by atoms with van der Waals surface area (Å²) in [5, 5.41) is 72.2. The van der Waals surface area contributed by atoms with Crippen molar-refractivity contribution in [2.24, 2.45) is 0 Å². The Kier molecular flexibility index (Phi) is 39.5. The summed E-state index contributed by atoms with van der Waals surface area (Å²) in [6.45, 7) is 2.65. The minimum absolute atomic E-state index is 0.174. The lowest BCUT2D eigenvalue weighted by Gasteiger charge is -2.42. The van der Waals surface area contributed by atoms with Gasteiger partial charge in [0, 0.05) is 12.8 Å². The van der Waals surface area contributed by atoms with Gasteiger partial charge in [-0.3, -0.25) is 9.59 Å². The van der Waals surface area contributed by atoms with Crippen molar-refractivity contribution in [3.63, 3.8) is 0 Å². The summed E-state index contributed by atoms with van der Waals surface area (Å²) in [7, 11) is 0. The van der Waals surface area contributed by atoms with Crippen LogP contribution in [0.3, 0.4) is 0 Å². The summed E-state index contributed by atoms with van der Waals surface area (Å²) in [6.07, 6.45) is 25.5. The first-order valence-corrected chi connectivity index (χ1v) is 28.6. The first-order valence-electron chi connectivity index (χ1n) is 28.6. The zero-order valence-corrected chi connectivity index (χ0v) is 44.0. The minimum atomic E-state index is -1.76. The number of carbonyl (C=O) groups is 2. The molecule has 70 heavy (non-hydrogen) atoms. The van der Waals surface area contributed by atoms with Gasteiger partial charge >= 0.3 is 11.9 Å². The van der Waals surface area contributed by atoms with Crippen LogP contribution in [0.1, 0.15) is 245 Å². The lowest BCUT2D eigenvalue weighted by molar-refractivity contribution is -0.332. The van der Waals surface area contributed by atoms with Crippen molar-refractivity contribution in [1.29, 1.82) is 0 Å². The maximum Gasteiger partial charge on any atom is 0.306 e. The zero-order chi connectivity index (χ0) is 51.0. The molecule has 0 amide bonds. The maximum atomic E-state index is 13.1. The van der Waals surface area contributed by atoms with Crippen LogP contribution in [0.2, 0.25) is 0 Å². The standard InChI is InChI=1S/C55H104O15/c1-3-5-7-9-11-13-15-17-19-20-21-22-23-24-26-28-30-32-34-36-38-47(58)68-43(40-65-46(57)37-35-33-31-29-27-25-18-16-14-12-10-8-6-4-2)41-66-54-53(64)51(62)49(60)45(70-54)42-67-55-52(63)50(61)48(59)44(39-56)69-55/h43-45,48-56,59-64H,3-42H2,1-2H3/t43-,44+,45+,48-,49-,50?,51?,52?,53?,54+,55+/m1/s1. The van der Waals surface area contributed by atoms with E-state index in [1.807, 2.05) is 0 Å². The molecule has 414 valence electrons. The highest BCUT2D eigenvalue weighted by Crippen LogP contribution is 2.27. The molecule has 7 N–H and O–H groups in total. The number of rotatable bonds is 46. The van der Waals surface area contributed by atoms with Crippen molar-refractivity contribution < 1.29 is 73.8 Å². The molecule has 0 aliphatic carbocycles. The van der Waals surface area contributed by atoms with E-state index in [1.165, 1.54) is 167 Å². The van der Waals surface area contributed by atoms with Crippen LogP contribution in [0, 0.1) is 0 Å². The molecule has 0 saturated carbocycles. The molecule has 0 aromatic heterocycles. The molecule has 2 aliphatic rings. The Labute approximate surface area is 423 Å². The van der Waals surface area contributed by atoms with Crippen molar-refractivity contribution >= 4 is 11.9 Å². The molecule has 11 atom stereocenters. The number of hydrogen-bond donors (Lipinski definition) is 7. The van der Waals surface area contributed by atoms with Crippen LogP contribution in [0.15, 0.2) is 0 Å². The normalized spacial score (nSPS) is 25.3. The van der Waals surface area contributed by atoms with E-state index in [2.05, 4.69) is 13.8 Å². The fourth-order valence-electron chi connectivity index (χ4n) is 9.40. The minimum Gasteiger partial charge on any atom is -0.462 e. The van der Waals surface area contributed by atoms with E-state index in [4.69, 9.17) is 28.4 Å². The summed E-state index contributed by atoms with van der Waals surface area (Å²) < 4.78 is 33.7. The quantitative estimate of drug-likeness (QED) is 0.0223. The SMILES string of the molecule is CCCCCCCCCCCCCCCCCCCCCCC(=O)O[C@H](COC(=O)CCCCCCCCCCCCCCCC)CO[C@H]1O[C@@H](CO[C@H]2O[C@@H](CO)[C@@H](O)C(O)C2O)[C@@H](O)C(O)C1O. The Hall–Kier alpha value is -1.50. The smallest absolute Gasteiger partial charge is 0.306 e. The number of esters is 2. The van der Waals surface area contributed by atoms with Crippen LogP contribution < -0.4 is 0 Å². The van der Waals surface area contributed by atoms with Gasteiger partial charge in [0.25, 0.3) is 0 Å². The van der Waals surface area contributed by atoms with Crippen LogP contribution in [0.5, 0.6) is 0 Å². The largest absolute Gasteiger partial charge is 0.462 e. The van der Waals surface area contributed by atoms with Crippen molar-refractivity contribution in [2.75, 3.05) is 26.4 Å². The molecule has 4 unspecified atom stereocenters. The van der Waals surface area contributed by atoms with Crippen molar-refractivity contribution in [3.8, 4) is 0 Å². The van der Waals surface area contributed by atoms with Gasteiger partial charge in [0.05, 0.1) is 19.8 Å². The van der Waals surface area contributed by atoms with E-state index >= 15 is 0 Å². The van der Waals surface area contributed by atoms with Gasteiger partial charge in [-0.15, -0.1) is 0 Å². The van der Waals surface area contributed by atoms with Gasteiger partial charge in [0.15, 0.2) is 18.7 Å². The lowest BCUT2D eigenvalue weighted by Crippen LogP contribution is -2.61. The number of unbranched alkanes of at least 4 members (excludes halogenated alkanes) is 32. The van der Waals surface area contributed by atoms with Gasteiger partial charge in [0.1, 0.15) is 55.4 Å². The second-order valence-corrected chi connectivity index (χ2v) is 20.5. The average molecular weight is 1010 g/mol. The van der Waals surface area contributed by atoms with E-state index in [9.17, 15) is 45.3 Å². The summed E-state index contributed by atoms with van der Waals surface area (Å²) in [5.41, 5.74) is 0. The average Bonchev–Trinajstić information content (AvgIpc) is 3.35. The third-order valence-electron chi connectivity index (χ3n) is 14.1. The molecule has 0 bridgehead atoms. The number of aliphatic hydroxyl groups is 7. The van der Waals surface area contributed by atoms with Gasteiger partial charge < -0.3 is 64.2 Å². The van der Waals surface area contributed by atoms with Gasteiger partial charge in [-0.1, -0.05) is 219 Å². The summed E-state index contributed by atoms with van der Waals surface area (Å²) in [4.78, 5) is 25.8. The first-order chi connectivity index (χ1) is 34.0. The first kappa shape index (κ1) is 64.6. The molecule has 2 fully saturated rings. The zero-order valence-electron chi connectivity index (χ0n) is 44.0. The molecular formula is C55H104O15. The molecule has 0 aromatic carbocycles. The van der Waals surface area contributed by atoms with Gasteiger partial charge in [-0.2, -0.15) is 0 Å². The highest BCUT2D eigenvalue weighted by molar-refractivity contribution is 5.70. The fourth-order valence-corrected chi connectivity index (χ4v) is 9.40. The molecule has 15 heteroatoms. The van der Waals surface area contributed by atoms with Crippen LogP contribution >= 0.6 is 0 Å². The summed E-state index contributed by atoms with van der Waals surface area (Å²) in [6, 6.07) is 0. The van der Waals surface area contributed by atoms with Crippen molar-refractivity contribution in [1.82, 2.24) is 0 Å². The van der Waals surface area contributed by atoms with Gasteiger partial charge in [0.2, 0.25) is 0 Å². The van der Waals surface area contributed by atoms with Gasteiger partial charge in [-0.25, -0.2) is 0 Å². The highest BCUT2D eigenvalue weighted by Gasteiger charge is 2.47. The third-order valence-corrected chi connectivity index (χ3v) is 14.1. The molecule has 15 nitrogen and oxygen atoms in total. The molecule has 2 rings (SSSR count). The molecule has 2 saturated heterocycles. The predicted octanol–water partition coefficient (Wildman–Crippen LogP) is 9.17. The fraction of sp³-hybridized carbons (Fsp3) is 0.964. The van der Waals surface area contributed by atoms with Crippen LogP contribution in [-0.4, -0.2) is 142 Å². The van der Waals surface area contributed by atoms with Crippen molar-refractivity contribution in [3.05, 3.63) is 0 Å². The summed E-state index contributed by atoms with van der Waals surface area (Å²) in [5.74, 6) is -0.905. The van der Waals surface area contributed by atoms with Crippen molar-refractivity contribution in [2.45, 2.75) is 313 Å². The highest BCUT2D eigenvalue weighted by atomic mass is 16.7. The van der Waals surface area contributed by atoms with E-state index in [-0.39, 0.29) is 26.1 Å². The van der Waals surface area contributed by atoms with Crippen LogP contribution in [-0.2, 0) is 38.0 Å². The summed E-state index contributed by atoms with van der Waals surface area (Å²) >= 11 is 0. The molecule has 0 spiro atoms. The number of ether oxygens (including phenoxy) is 6. The van der Waals surface area contributed by atoms with Crippen LogP contribution in [0.25, 0.3) is 0 Å². The van der Waals surface area contributed by atoms with E-state index in [0.717, 1.165) is 38.5 Å². The molecular weight excluding hydrogens is 901 g/mol. The Bertz CT molecular complexity index is 1230. The predicted molar refractivity (Wildman–Crippen MR) is 271 cm³/mol. The Morgan fingerprint density at radius 3 is 1.11 bits per heavy atom. The third kappa shape index (κ3) is 30.0. The molecule has 2 heterocycles. The van der Waals surface area contributed by atoms with Crippen LogP contribution in [0.4, 0.5) is 0 Å². The van der Waals surface area contributed by atoms with E-state index in [0.29, 0.717) is 12.8 Å². The topological polar surface area (TPSA) is 231 Å². The molecule has 0 aromatic rings. The molecule has 0 radical (unpaired) electrons. The van der Waals surface area contributed by atoms with E-state index in [1.54, 1.807) is 0 Å². The second kappa shape index (κ2) is 42.8. The maximum absolute atomic E-state index is 13.1. The molecule has 2 aliphatic heterocycles. The monoisotopic (exact) mass is 1000 g/mol. The Balaban J connectivity index is 1.75. The Morgan fingerprint density at radius 2 is 0.729 bits per heavy atom.